The number of anilines is 2. The van der Waals surface area contributed by atoms with Gasteiger partial charge < -0.3 is 5.32 Å². The largest absolute Gasteiger partial charge is 0.325 e. The molecule has 31 heavy (non-hydrogen) atoms. The SMILES string of the molecule is CCCCN1C(=O)/C(=C2/C(=O)N(CC(=O)Nc3ccccc3)c3ccccc32)SC1=S. The van der Waals surface area contributed by atoms with Crippen LogP contribution in [0.5, 0.6) is 0 Å². The van der Waals surface area contributed by atoms with Gasteiger partial charge in [0.2, 0.25) is 5.91 Å². The van der Waals surface area contributed by atoms with Gasteiger partial charge in [0, 0.05) is 17.8 Å². The Morgan fingerprint density at radius 3 is 2.45 bits per heavy atom. The molecule has 0 aromatic heterocycles. The molecule has 158 valence electrons. The summed E-state index contributed by atoms with van der Waals surface area (Å²) in [6.45, 7) is 2.44. The van der Waals surface area contributed by atoms with Gasteiger partial charge in [0.1, 0.15) is 10.9 Å². The Hall–Kier alpha value is -2.97. The number of nitrogens with one attached hydrogen (secondary N) is 1. The topological polar surface area (TPSA) is 69.7 Å². The number of hydrogen-bond donors (Lipinski definition) is 1. The molecule has 2 aliphatic rings. The molecule has 0 radical (unpaired) electrons. The van der Waals surface area contributed by atoms with Crippen LogP contribution in [0.2, 0.25) is 0 Å². The van der Waals surface area contributed by atoms with Crippen molar-refractivity contribution in [3.05, 3.63) is 65.1 Å². The highest BCUT2D eigenvalue weighted by atomic mass is 32.2. The van der Waals surface area contributed by atoms with Crippen molar-refractivity contribution in [2.24, 2.45) is 0 Å². The fourth-order valence-electron chi connectivity index (χ4n) is 3.58. The molecule has 2 aliphatic heterocycles. The van der Waals surface area contributed by atoms with Crippen LogP contribution in [-0.4, -0.2) is 40.0 Å². The lowest BCUT2D eigenvalue weighted by molar-refractivity contribution is -0.122. The maximum atomic E-state index is 13.4. The summed E-state index contributed by atoms with van der Waals surface area (Å²) in [5, 5.41) is 2.80. The zero-order valence-corrected chi connectivity index (χ0v) is 18.6. The molecule has 2 heterocycles. The second-order valence-electron chi connectivity index (χ2n) is 7.21. The molecule has 8 heteroatoms. The summed E-state index contributed by atoms with van der Waals surface area (Å²) >= 11 is 6.56. The van der Waals surface area contributed by atoms with Gasteiger partial charge >= 0.3 is 0 Å². The number of thiocarbonyl (C=S) groups is 1. The second-order valence-corrected chi connectivity index (χ2v) is 8.85. The van der Waals surface area contributed by atoms with Crippen LogP contribution in [0, 0.1) is 0 Å². The lowest BCUT2D eigenvalue weighted by atomic mass is 10.1. The van der Waals surface area contributed by atoms with Gasteiger partial charge in [0.15, 0.2) is 0 Å². The molecule has 2 aromatic rings. The second kappa shape index (κ2) is 9.03. The lowest BCUT2D eigenvalue weighted by Crippen LogP contribution is -2.35. The molecule has 0 saturated carbocycles. The fourth-order valence-corrected chi connectivity index (χ4v) is 4.96. The number of rotatable bonds is 6. The van der Waals surface area contributed by atoms with Crippen molar-refractivity contribution in [3.63, 3.8) is 0 Å². The molecule has 4 rings (SSSR count). The summed E-state index contributed by atoms with van der Waals surface area (Å²) < 4.78 is 0.464. The quantitative estimate of drug-likeness (QED) is 0.530. The van der Waals surface area contributed by atoms with Crippen molar-refractivity contribution < 1.29 is 14.4 Å². The molecule has 1 saturated heterocycles. The first-order valence-electron chi connectivity index (χ1n) is 10.1. The van der Waals surface area contributed by atoms with Crippen LogP contribution in [0.4, 0.5) is 11.4 Å². The van der Waals surface area contributed by atoms with E-state index >= 15 is 0 Å². The maximum Gasteiger partial charge on any atom is 0.267 e. The van der Waals surface area contributed by atoms with Crippen LogP contribution in [0.1, 0.15) is 25.3 Å². The van der Waals surface area contributed by atoms with Crippen molar-refractivity contribution in [2.75, 3.05) is 23.3 Å². The molecule has 1 N–H and O–H groups in total. The van der Waals surface area contributed by atoms with Crippen LogP contribution in [0.25, 0.3) is 5.57 Å². The fraction of sp³-hybridized carbons (Fsp3) is 0.217. The third-order valence-corrected chi connectivity index (χ3v) is 6.54. The Morgan fingerprint density at radius 2 is 1.71 bits per heavy atom. The number of carbonyl (C=O) groups excluding carboxylic acids is 3. The number of para-hydroxylation sites is 2. The van der Waals surface area contributed by atoms with E-state index in [2.05, 4.69) is 5.32 Å². The summed E-state index contributed by atoms with van der Waals surface area (Å²) in [5.41, 5.74) is 2.24. The maximum absolute atomic E-state index is 13.4. The van der Waals surface area contributed by atoms with Gasteiger partial charge in [-0.2, -0.15) is 0 Å². The first-order valence-corrected chi connectivity index (χ1v) is 11.3. The molecular formula is C23H21N3O3S2. The highest BCUT2D eigenvalue weighted by Gasteiger charge is 2.42. The summed E-state index contributed by atoms with van der Waals surface area (Å²) in [6.07, 6.45) is 1.78. The zero-order valence-electron chi connectivity index (χ0n) is 17.0. The number of nitrogens with zero attached hydrogens (tertiary/aromatic N) is 2. The monoisotopic (exact) mass is 451 g/mol. The molecular weight excluding hydrogens is 430 g/mol. The van der Waals surface area contributed by atoms with Gasteiger partial charge in [-0.05, 0) is 24.6 Å². The summed E-state index contributed by atoms with van der Waals surface area (Å²) in [5.74, 6) is -0.913. The van der Waals surface area contributed by atoms with E-state index in [0.717, 1.165) is 24.6 Å². The van der Waals surface area contributed by atoms with E-state index in [1.54, 1.807) is 29.2 Å². The number of hydrogen-bond acceptors (Lipinski definition) is 5. The minimum Gasteiger partial charge on any atom is -0.325 e. The van der Waals surface area contributed by atoms with E-state index in [-0.39, 0.29) is 24.3 Å². The van der Waals surface area contributed by atoms with Gasteiger partial charge in [-0.1, -0.05) is 73.7 Å². The van der Waals surface area contributed by atoms with E-state index in [4.69, 9.17) is 12.2 Å². The number of thioether (sulfide) groups is 1. The molecule has 0 bridgehead atoms. The van der Waals surface area contributed by atoms with E-state index < -0.39 is 0 Å². The van der Waals surface area contributed by atoms with Gasteiger partial charge in [-0.25, -0.2) is 0 Å². The van der Waals surface area contributed by atoms with E-state index in [9.17, 15) is 14.4 Å². The Balaban J connectivity index is 1.64. The third-order valence-electron chi connectivity index (χ3n) is 5.09. The third kappa shape index (κ3) is 4.13. The van der Waals surface area contributed by atoms with Crippen molar-refractivity contribution >= 4 is 63.0 Å². The van der Waals surface area contributed by atoms with E-state index in [0.29, 0.717) is 38.3 Å². The van der Waals surface area contributed by atoms with Crippen molar-refractivity contribution in [1.82, 2.24) is 4.90 Å². The van der Waals surface area contributed by atoms with Gasteiger partial charge in [-0.15, -0.1) is 0 Å². The highest BCUT2D eigenvalue weighted by Crippen LogP contribution is 2.44. The molecule has 0 unspecified atom stereocenters. The molecule has 0 aliphatic carbocycles. The highest BCUT2D eigenvalue weighted by molar-refractivity contribution is 8.26. The number of fused-ring (bicyclic) bond motifs is 1. The van der Waals surface area contributed by atoms with Crippen molar-refractivity contribution in [1.29, 1.82) is 0 Å². The van der Waals surface area contributed by atoms with Crippen LogP contribution < -0.4 is 10.2 Å². The van der Waals surface area contributed by atoms with Gasteiger partial charge in [0.05, 0.1) is 16.2 Å². The lowest BCUT2D eigenvalue weighted by Gasteiger charge is -2.16. The van der Waals surface area contributed by atoms with Crippen LogP contribution in [0.3, 0.4) is 0 Å². The first kappa shape index (κ1) is 21.3. The van der Waals surface area contributed by atoms with Crippen molar-refractivity contribution in [2.45, 2.75) is 19.8 Å². The molecule has 0 spiro atoms. The van der Waals surface area contributed by atoms with Gasteiger partial charge in [0.25, 0.3) is 11.8 Å². The average Bonchev–Trinajstić information content (AvgIpc) is 3.20. The summed E-state index contributed by atoms with van der Waals surface area (Å²) in [4.78, 5) is 42.3. The van der Waals surface area contributed by atoms with E-state index in [1.807, 2.05) is 37.3 Å². The summed E-state index contributed by atoms with van der Waals surface area (Å²) in [6, 6.07) is 16.3. The van der Waals surface area contributed by atoms with Crippen LogP contribution >= 0.6 is 24.0 Å². The standard InChI is InChI=1S/C23H21N3O3S2/c1-2-3-13-25-22(29)20(31-23(25)30)19-16-11-7-8-12-17(16)26(21(19)28)14-18(27)24-15-9-5-4-6-10-15/h4-12H,2-3,13-14H2,1H3,(H,24,27)/b20-19-. The Bertz CT molecular complexity index is 1100. The predicted octanol–water partition coefficient (Wildman–Crippen LogP) is 4.04. The van der Waals surface area contributed by atoms with Gasteiger partial charge in [-0.3, -0.25) is 24.2 Å². The number of carbonyl (C=O) groups is 3. The smallest absolute Gasteiger partial charge is 0.267 e. The summed E-state index contributed by atoms with van der Waals surface area (Å²) in [7, 11) is 0. The predicted molar refractivity (Wildman–Crippen MR) is 128 cm³/mol. The van der Waals surface area contributed by atoms with Crippen LogP contribution in [-0.2, 0) is 14.4 Å². The number of benzene rings is 2. The molecule has 2 aromatic carbocycles. The Kier molecular flexibility index (Phi) is 6.20. The average molecular weight is 452 g/mol. The molecule has 1 fully saturated rings. The zero-order chi connectivity index (χ0) is 22.0. The normalized spacial score (nSPS) is 18.0. The minimum atomic E-state index is -0.361. The Morgan fingerprint density at radius 1 is 1.00 bits per heavy atom. The first-order chi connectivity index (χ1) is 15.0. The van der Waals surface area contributed by atoms with Crippen LogP contribution in [0.15, 0.2) is 59.5 Å². The van der Waals surface area contributed by atoms with Crippen molar-refractivity contribution in [3.8, 4) is 0 Å². The number of unbranched alkanes of at least 4 members (excludes halogenated alkanes) is 1. The Labute approximate surface area is 190 Å². The molecule has 6 nitrogen and oxygen atoms in total. The number of amides is 3. The molecule has 0 atom stereocenters. The minimum absolute atomic E-state index is 0.148. The van der Waals surface area contributed by atoms with E-state index in [1.165, 1.54) is 4.90 Å². The molecule has 3 amide bonds.